The number of pyridine rings is 1. The van der Waals surface area contributed by atoms with Crippen LogP contribution < -0.4 is 15.8 Å². The normalized spacial score (nSPS) is 12.7. The van der Waals surface area contributed by atoms with Crippen LogP contribution in [0.4, 0.5) is 4.39 Å². The summed E-state index contributed by atoms with van der Waals surface area (Å²) in [6, 6.07) is 9.78. The Morgan fingerprint density at radius 3 is 2.87 bits per heavy atom. The molecular formula is C17H21FN4O. The third kappa shape index (κ3) is 5.58. The van der Waals surface area contributed by atoms with E-state index in [9.17, 15) is 4.39 Å². The summed E-state index contributed by atoms with van der Waals surface area (Å²) in [4.78, 5) is 8.44. The molecule has 1 aromatic heterocycles. The van der Waals surface area contributed by atoms with Crippen molar-refractivity contribution in [1.29, 1.82) is 0 Å². The average Bonchev–Trinajstić information content (AvgIpc) is 2.54. The number of aliphatic imine (C=N–C) groups is 1. The van der Waals surface area contributed by atoms with E-state index >= 15 is 0 Å². The molecule has 6 heteroatoms. The van der Waals surface area contributed by atoms with Crippen molar-refractivity contribution in [2.24, 2.45) is 10.7 Å². The summed E-state index contributed by atoms with van der Waals surface area (Å²) in [5.74, 6) is 0.872. The zero-order chi connectivity index (χ0) is 16.7. The fraction of sp³-hybridized carbons (Fsp3) is 0.294. The Hall–Kier alpha value is -2.63. The molecule has 0 aliphatic rings. The summed E-state index contributed by atoms with van der Waals surface area (Å²) in [5, 5.41) is 3.10. The van der Waals surface area contributed by atoms with E-state index in [0.29, 0.717) is 30.2 Å². The van der Waals surface area contributed by atoms with E-state index in [2.05, 4.69) is 22.2 Å². The lowest BCUT2D eigenvalue weighted by molar-refractivity contribution is 0.457. The zero-order valence-electron chi connectivity index (χ0n) is 13.3. The highest BCUT2D eigenvalue weighted by molar-refractivity contribution is 5.78. The molecule has 0 amide bonds. The highest BCUT2D eigenvalue weighted by Gasteiger charge is 2.02. The van der Waals surface area contributed by atoms with Crippen molar-refractivity contribution in [2.45, 2.75) is 32.9 Å². The average molecular weight is 316 g/mol. The quantitative estimate of drug-likeness (QED) is 0.634. The van der Waals surface area contributed by atoms with Gasteiger partial charge in [-0.3, -0.25) is 0 Å². The minimum Gasteiger partial charge on any atom is -0.439 e. The number of nitrogens with two attached hydrogens (primary N) is 1. The second kappa shape index (κ2) is 8.12. The van der Waals surface area contributed by atoms with E-state index < -0.39 is 0 Å². The first-order chi connectivity index (χ1) is 11.1. The summed E-state index contributed by atoms with van der Waals surface area (Å²) in [5.41, 5.74) is 6.71. The number of hydrogen-bond donors (Lipinski definition) is 2. The number of nitrogens with zero attached hydrogens (tertiary/aromatic N) is 2. The fourth-order valence-corrected chi connectivity index (χ4v) is 1.79. The van der Waals surface area contributed by atoms with Gasteiger partial charge in [0.05, 0.1) is 6.54 Å². The molecule has 1 aromatic carbocycles. The first-order valence-electron chi connectivity index (χ1n) is 7.51. The van der Waals surface area contributed by atoms with E-state index in [4.69, 9.17) is 10.5 Å². The Labute approximate surface area is 135 Å². The van der Waals surface area contributed by atoms with Crippen LogP contribution in [-0.4, -0.2) is 17.0 Å². The fourth-order valence-electron chi connectivity index (χ4n) is 1.79. The largest absolute Gasteiger partial charge is 0.439 e. The molecule has 0 aliphatic heterocycles. The maximum Gasteiger partial charge on any atom is 0.219 e. The van der Waals surface area contributed by atoms with Crippen LogP contribution in [0.15, 0.2) is 47.6 Å². The lowest BCUT2D eigenvalue weighted by Crippen LogP contribution is -2.38. The van der Waals surface area contributed by atoms with Crippen LogP contribution in [0.3, 0.4) is 0 Å². The molecule has 0 radical (unpaired) electrons. The first-order valence-corrected chi connectivity index (χ1v) is 7.51. The van der Waals surface area contributed by atoms with Crippen LogP contribution in [0.25, 0.3) is 0 Å². The van der Waals surface area contributed by atoms with Gasteiger partial charge < -0.3 is 15.8 Å². The Morgan fingerprint density at radius 1 is 1.39 bits per heavy atom. The number of guanidine groups is 1. The smallest absolute Gasteiger partial charge is 0.219 e. The number of nitrogens with one attached hydrogen (secondary N) is 1. The third-order valence-electron chi connectivity index (χ3n) is 3.25. The molecule has 0 aliphatic carbocycles. The Morgan fingerprint density at radius 2 is 2.22 bits per heavy atom. The van der Waals surface area contributed by atoms with Crippen molar-refractivity contribution in [1.82, 2.24) is 10.3 Å². The van der Waals surface area contributed by atoms with Crippen molar-refractivity contribution in [3.8, 4) is 11.6 Å². The number of ether oxygens (including phenoxy) is 1. The Balaban J connectivity index is 1.93. The number of hydrogen-bond acceptors (Lipinski definition) is 3. The minimum atomic E-state index is -0.349. The van der Waals surface area contributed by atoms with Crippen LogP contribution in [0.5, 0.6) is 11.6 Å². The molecule has 5 nitrogen and oxygen atoms in total. The maximum atomic E-state index is 13.1. The third-order valence-corrected chi connectivity index (χ3v) is 3.25. The van der Waals surface area contributed by atoms with E-state index in [1.165, 1.54) is 12.1 Å². The van der Waals surface area contributed by atoms with Gasteiger partial charge in [0.15, 0.2) is 5.96 Å². The summed E-state index contributed by atoms with van der Waals surface area (Å²) in [6.45, 7) is 4.55. The molecule has 0 saturated heterocycles. The molecule has 0 spiro atoms. The van der Waals surface area contributed by atoms with E-state index in [1.54, 1.807) is 24.4 Å². The van der Waals surface area contributed by atoms with Crippen molar-refractivity contribution >= 4 is 5.96 Å². The number of benzene rings is 1. The molecule has 0 bridgehead atoms. The van der Waals surface area contributed by atoms with Gasteiger partial charge in [0.2, 0.25) is 5.88 Å². The molecule has 1 heterocycles. The van der Waals surface area contributed by atoms with Gasteiger partial charge >= 0.3 is 0 Å². The van der Waals surface area contributed by atoms with E-state index in [-0.39, 0.29) is 5.82 Å². The van der Waals surface area contributed by atoms with Crippen molar-refractivity contribution < 1.29 is 9.13 Å². The lowest BCUT2D eigenvalue weighted by atomic mass is 10.3. The zero-order valence-corrected chi connectivity index (χ0v) is 13.3. The van der Waals surface area contributed by atoms with Crippen molar-refractivity contribution in [3.05, 3.63) is 54.0 Å². The van der Waals surface area contributed by atoms with Crippen molar-refractivity contribution in [2.75, 3.05) is 0 Å². The topological polar surface area (TPSA) is 72.5 Å². The van der Waals surface area contributed by atoms with Crippen LogP contribution in [0, 0.1) is 5.82 Å². The molecule has 122 valence electrons. The monoisotopic (exact) mass is 316 g/mol. The Bertz CT molecular complexity index is 658. The summed E-state index contributed by atoms with van der Waals surface area (Å²) in [6.07, 6.45) is 2.64. The van der Waals surface area contributed by atoms with Crippen LogP contribution in [-0.2, 0) is 6.54 Å². The van der Waals surface area contributed by atoms with Gasteiger partial charge in [0, 0.05) is 24.4 Å². The lowest BCUT2D eigenvalue weighted by Gasteiger charge is -2.11. The number of aromatic nitrogens is 1. The second-order valence-corrected chi connectivity index (χ2v) is 5.22. The molecule has 3 N–H and O–H groups in total. The highest BCUT2D eigenvalue weighted by Crippen LogP contribution is 2.20. The molecular weight excluding hydrogens is 295 g/mol. The van der Waals surface area contributed by atoms with E-state index in [1.807, 2.05) is 13.0 Å². The number of rotatable bonds is 6. The predicted molar refractivity (Wildman–Crippen MR) is 88.9 cm³/mol. The van der Waals surface area contributed by atoms with Gasteiger partial charge in [-0.25, -0.2) is 14.4 Å². The molecule has 2 rings (SSSR count). The van der Waals surface area contributed by atoms with Crippen molar-refractivity contribution in [3.63, 3.8) is 0 Å². The van der Waals surface area contributed by atoms with Crippen LogP contribution >= 0.6 is 0 Å². The maximum absolute atomic E-state index is 13.1. The SMILES string of the molecule is CCC(C)NC(N)=NCc1ccc(Oc2cccc(F)c2)nc1. The molecule has 1 unspecified atom stereocenters. The highest BCUT2D eigenvalue weighted by atomic mass is 19.1. The summed E-state index contributed by atoms with van der Waals surface area (Å²) in [7, 11) is 0. The molecule has 23 heavy (non-hydrogen) atoms. The standard InChI is InChI=1S/C17H21FN4O/c1-3-12(2)22-17(19)21-11-13-7-8-16(20-10-13)23-15-6-4-5-14(18)9-15/h4-10,12H,3,11H2,1-2H3,(H3,19,21,22). The van der Waals surface area contributed by atoms with Gasteiger partial charge in [-0.05, 0) is 31.0 Å². The first kappa shape index (κ1) is 16.7. The molecule has 0 fully saturated rings. The van der Waals surface area contributed by atoms with Crippen LogP contribution in [0.1, 0.15) is 25.8 Å². The van der Waals surface area contributed by atoms with Gasteiger partial charge in [-0.15, -0.1) is 0 Å². The van der Waals surface area contributed by atoms with Gasteiger partial charge in [0.25, 0.3) is 0 Å². The number of halogens is 1. The summed E-state index contributed by atoms with van der Waals surface area (Å²) >= 11 is 0. The van der Waals surface area contributed by atoms with Gasteiger partial charge in [-0.2, -0.15) is 0 Å². The summed E-state index contributed by atoms with van der Waals surface area (Å²) < 4.78 is 18.6. The van der Waals surface area contributed by atoms with E-state index in [0.717, 1.165) is 12.0 Å². The molecule has 0 saturated carbocycles. The van der Waals surface area contributed by atoms with Gasteiger partial charge in [-0.1, -0.05) is 19.1 Å². The van der Waals surface area contributed by atoms with Gasteiger partial charge in [0.1, 0.15) is 11.6 Å². The Kier molecular flexibility index (Phi) is 5.91. The molecule has 1 atom stereocenters. The predicted octanol–water partition coefficient (Wildman–Crippen LogP) is 3.22. The molecule has 2 aromatic rings. The second-order valence-electron chi connectivity index (χ2n) is 5.22. The minimum absolute atomic E-state index is 0.291. The van der Waals surface area contributed by atoms with Crippen LogP contribution in [0.2, 0.25) is 0 Å².